The van der Waals surface area contributed by atoms with Gasteiger partial charge in [-0.2, -0.15) is 0 Å². The molecular weight excluding hydrogens is 266 g/mol. The zero-order chi connectivity index (χ0) is 14.6. The Morgan fingerprint density at radius 2 is 2.15 bits per heavy atom. The highest BCUT2D eigenvalue weighted by Crippen LogP contribution is 2.29. The van der Waals surface area contributed by atoms with Gasteiger partial charge in [-0.3, -0.25) is 4.90 Å². The van der Waals surface area contributed by atoms with Gasteiger partial charge in [0.25, 0.3) is 0 Å². The monoisotopic (exact) mass is 295 g/mol. The van der Waals surface area contributed by atoms with Crippen LogP contribution in [0.1, 0.15) is 62.9 Å². The Hall–Kier alpha value is -0.450. The second kappa shape index (κ2) is 7.01. The van der Waals surface area contributed by atoms with Crippen molar-refractivity contribution in [2.24, 2.45) is 0 Å². The number of aryl methyl sites for hydroxylation is 1. The summed E-state index contributed by atoms with van der Waals surface area (Å²) in [5.74, 6) is 0. The van der Waals surface area contributed by atoms with E-state index in [2.05, 4.69) is 49.1 Å². The van der Waals surface area contributed by atoms with Gasteiger partial charge in [-0.05, 0) is 39.2 Å². The molecule has 1 aromatic heterocycles. The zero-order valence-electron chi connectivity index (χ0n) is 13.4. The van der Waals surface area contributed by atoms with Crippen LogP contribution in [-0.4, -0.2) is 35.1 Å². The van der Waals surface area contributed by atoms with E-state index in [0.717, 1.165) is 19.5 Å². The predicted molar refractivity (Wildman–Crippen MR) is 87.4 cm³/mol. The fourth-order valence-electron chi connectivity index (χ4n) is 3.05. The molecule has 2 rings (SSSR count). The second-order valence-corrected chi connectivity index (χ2v) is 7.08. The van der Waals surface area contributed by atoms with E-state index in [-0.39, 0.29) is 5.54 Å². The third kappa shape index (κ3) is 3.41. The van der Waals surface area contributed by atoms with Gasteiger partial charge in [0.15, 0.2) is 0 Å². The third-order valence-corrected chi connectivity index (χ3v) is 6.12. The standard InChI is InChI=1S/C16H29N3S/c1-5-14-11-17-15(20-14)13(4)19-10-8-9-18-16(6-2,7-3)12-19/h11,13,18H,5-10,12H2,1-4H3. The summed E-state index contributed by atoms with van der Waals surface area (Å²) in [5.41, 5.74) is 0.287. The maximum absolute atomic E-state index is 4.65. The van der Waals surface area contributed by atoms with Gasteiger partial charge < -0.3 is 5.32 Å². The Balaban J connectivity index is 2.13. The van der Waals surface area contributed by atoms with Gasteiger partial charge in [-0.25, -0.2) is 4.98 Å². The van der Waals surface area contributed by atoms with Gasteiger partial charge in [0.05, 0.1) is 6.04 Å². The van der Waals surface area contributed by atoms with Gasteiger partial charge >= 0.3 is 0 Å². The van der Waals surface area contributed by atoms with Gasteiger partial charge in [0, 0.05) is 29.7 Å². The maximum atomic E-state index is 4.65. The SMILES string of the molecule is CCc1cnc(C(C)N2CCCNC(CC)(CC)C2)s1. The van der Waals surface area contributed by atoms with Crippen molar-refractivity contribution in [3.63, 3.8) is 0 Å². The first-order valence-electron chi connectivity index (χ1n) is 8.07. The van der Waals surface area contributed by atoms with Crippen LogP contribution >= 0.6 is 11.3 Å². The van der Waals surface area contributed by atoms with E-state index in [1.54, 1.807) is 0 Å². The molecule has 0 saturated carbocycles. The lowest BCUT2D eigenvalue weighted by Crippen LogP contribution is -2.51. The zero-order valence-corrected chi connectivity index (χ0v) is 14.2. The number of nitrogens with zero attached hydrogens (tertiary/aromatic N) is 2. The fourth-order valence-corrected chi connectivity index (χ4v) is 3.99. The van der Waals surface area contributed by atoms with Crippen LogP contribution in [0, 0.1) is 0 Å². The summed E-state index contributed by atoms with van der Waals surface area (Å²) in [6, 6.07) is 0.442. The Morgan fingerprint density at radius 1 is 1.40 bits per heavy atom. The molecule has 1 N–H and O–H groups in total. The molecule has 20 heavy (non-hydrogen) atoms. The summed E-state index contributed by atoms with van der Waals surface area (Å²) in [5, 5.41) is 5.07. The third-order valence-electron chi connectivity index (χ3n) is 4.81. The van der Waals surface area contributed by atoms with Gasteiger partial charge in [0.2, 0.25) is 0 Å². The summed E-state index contributed by atoms with van der Waals surface area (Å²) < 4.78 is 0. The Kier molecular flexibility index (Phi) is 5.58. The van der Waals surface area contributed by atoms with Gasteiger partial charge in [-0.15, -0.1) is 11.3 Å². The van der Waals surface area contributed by atoms with Crippen LogP contribution < -0.4 is 5.32 Å². The van der Waals surface area contributed by atoms with Crippen molar-refractivity contribution in [1.82, 2.24) is 15.2 Å². The minimum Gasteiger partial charge on any atom is -0.310 e. The van der Waals surface area contributed by atoms with E-state index >= 15 is 0 Å². The van der Waals surface area contributed by atoms with Gasteiger partial charge in [0.1, 0.15) is 5.01 Å². The molecule has 114 valence electrons. The highest BCUT2D eigenvalue weighted by atomic mass is 32.1. The first-order valence-corrected chi connectivity index (χ1v) is 8.89. The number of aromatic nitrogens is 1. The van der Waals surface area contributed by atoms with Crippen molar-refractivity contribution in [3.05, 3.63) is 16.1 Å². The number of hydrogen-bond donors (Lipinski definition) is 1. The van der Waals surface area contributed by atoms with Crippen LogP contribution in [0.4, 0.5) is 0 Å². The molecule has 2 heterocycles. The highest BCUT2D eigenvalue weighted by Gasteiger charge is 2.32. The first-order chi connectivity index (χ1) is 9.64. The fraction of sp³-hybridized carbons (Fsp3) is 0.812. The van der Waals surface area contributed by atoms with Crippen molar-refractivity contribution in [2.45, 2.75) is 65.0 Å². The minimum absolute atomic E-state index is 0.287. The van der Waals surface area contributed by atoms with E-state index in [9.17, 15) is 0 Å². The summed E-state index contributed by atoms with van der Waals surface area (Å²) in [6.45, 7) is 12.6. The predicted octanol–water partition coefficient (Wildman–Crippen LogP) is 3.62. The summed E-state index contributed by atoms with van der Waals surface area (Å²) >= 11 is 1.88. The molecule has 0 amide bonds. The molecule has 0 spiro atoms. The molecule has 1 aliphatic rings. The number of hydrogen-bond acceptors (Lipinski definition) is 4. The molecule has 0 aliphatic carbocycles. The molecule has 1 aromatic rings. The first kappa shape index (κ1) is 15.9. The molecule has 1 saturated heterocycles. The lowest BCUT2D eigenvalue weighted by atomic mass is 9.92. The minimum atomic E-state index is 0.287. The lowest BCUT2D eigenvalue weighted by Gasteiger charge is -2.37. The summed E-state index contributed by atoms with van der Waals surface area (Å²) in [4.78, 5) is 8.68. The topological polar surface area (TPSA) is 28.2 Å². The van der Waals surface area contributed by atoms with Crippen molar-refractivity contribution < 1.29 is 0 Å². The van der Waals surface area contributed by atoms with Crippen molar-refractivity contribution in [2.75, 3.05) is 19.6 Å². The molecule has 1 fully saturated rings. The van der Waals surface area contributed by atoms with Crippen LogP contribution in [0.3, 0.4) is 0 Å². The smallest absolute Gasteiger partial charge is 0.110 e. The Labute approximate surface area is 127 Å². The number of nitrogens with one attached hydrogen (secondary N) is 1. The molecule has 0 bridgehead atoms. The molecule has 1 aliphatic heterocycles. The lowest BCUT2D eigenvalue weighted by molar-refractivity contribution is 0.157. The van der Waals surface area contributed by atoms with Crippen molar-refractivity contribution in [3.8, 4) is 0 Å². The van der Waals surface area contributed by atoms with Crippen molar-refractivity contribution >= 4 is 11.3 Å². The van der Waals surface area contributed by atoms with Crippen LogP contribution in [0.25, 0.3) is 0 Å². The normalized spacial score (nSPS) is 21.6. The molecule has 3 nitrogen and oxygen atoms in total. The van der Waals surface area contributed by atoms with E-state index in [0.29, 0.717) is 6.04 Å². The maximum Gasteiger partial charge on any atom is 0.110 e. The number of thiazole rings is 1. The van der Waals surface area contributed by atoms with E-state index in [4.69, 9.17) is 0 Å². The van der Waals surface area contributed by atoms with Gasteiger partial charge in [-0.1, -0.05) is 20.8 Å². The van der Waals surface area contributed by atoms with Crippen LogP contribution in [-0.2, 0) is 6.42 Å². The molecular formula is C16H29N3S. The molecule has 4 heteroatoms. The average molecular weight is 295 g/mol. The average Bonchev–Trinajstić information content (AvgIpc) is 2.86. The molecule has 0 radical (unpaired) electrons. The van der Waals surface area contributed by atoms with Crippen LogP contribution in [0.15, 0.2) is 6.20 Å². The second-order valence-electron chi connectivity index (χ2n) is 5.93. The molecule has 1 atom stereocenters. The summed E-state index contributed by atoms with van der Waals surface area (Å²) in [6.07, 6.45) is 6.78. The van der Waals surface area contributed by atoms with E-state index in [1.165, 1.54) is 35.7 Å². The largest absolute Gasteiger partial charge is 0.310 e. The Morgan fingerprint density at radius 3 is 2.75 bits per heavy atom. The summed E-state index contributed by atoms with van der Waals surface area (Å²) in [7, 11) is 0. The van der Waals surface area contributed by atoms with Crippen LogP contribution in [0.5, 0.6) is 0 Å². The van der Waals surface area contributed by atoms with Crippen molar-refractivity contribution in [1.29, 1.82) is 0 Å². The quantitative estimate of drug-likeness (QED) is 0.899. The molecule has 0 aromatic carbocycles. The van der Waals surface area contributed by atoms with E-state index in [1.807, 2.05) is 11.3 Å². The van der Waals surface area contributed by atoms with Crippen LogP contribution in [0.2, 0.25) is 0 Å². The highest BCUT2D eigenvalue weighted by molar-refractivity contribution is 7.11. The number of rotatable bonds is 5. The Bertz CT molecular complexity index is 412. The molecule has 1 unspecified atom stereocenters. The van der Waals surface area contributed by atoms with E-state index < -0.39 is 0 Å².